The highest BCUT2D eigenvalue weighted by Gasteiger charge is 2.06. The van der Waals surface area contributed by atoms with E-state index < -0.39 is 0 Å². The van der Waals surface area contributed by atoms with Crippen molar-refractivity contribution in [2.45, 2.75) is 0 Å². The summed E-state index contributed by atoms with van der Waals surface area (Å²) in [5, 5.41) is 5.45. The minimum Gasteiger partial charge on any atom is -0.497 e. The molecule has 0 fully saturated rings. The van der Waals surface area contributed by atoms with Gasteiger partial charge < -0.3 is 14.8 Å². The van der Waals surface area contributed by atoms with Gasteiger partial charge in [-0.3, -0.25) is 4.98 Å². The Balaban J connectivity index is 2.00. The summed E-state index contributed by atoms with van der Waals surface area (Å²) in [6.07, 6.45) is 3.60. The van der Waals surface area contributed by atoms with E-state index in [4.69, 9.17) is 9.47 Å². The molecule has 4 nitrogen and oxygen atoms in total. The average Bonchev–Trinajstić information content (AvgIpc) is 2.56. The molecule has 0 spiro atoms. The molecule has 0 bridgehead atoms. The molecule has 0 aliphatic rings. The Morgan fingerprint density at radius 2 is 1.67 bits per heavy atom. The van der Waals surface area contributed by atoms with Crippen LogP contribution in [0.2, 0.25) is 0 Å². The second kappa shape index (κ2) is 5.71. The number of nitrogens with one attached hydrogen (secondary N) is 1. The third-order valence-corrected chi connectivity index (χ3v) is 3.37. The predicted molar refractivity (Wildman–Crippen MR) is 84.6 cm³/mol. The molecular weight excluding hydrogens is 264 g/mol. The zero-order valence-corrected chi connectivity index (χ0v) is 12.0. The third-order valence-electron chi connectivity index (χ3n) is 3.37. The Kier molecular flexibility index (Phi) is 3.60. The van der Waals surface area contributed by atoms with Crippen molar-refractivity contribution in [1.82, 2.24) is 4.98 Å². The van der Waals surface area contributed by atoms with Crippen molar-refractivity contribution in [1.29, 1.82) is 0 Å². The fraction of sp³-hybridized carbons (Fsp3) is 0.118. The molecule has 3 rings (SSSR count). The van der Waals surface area contributed by atoms with Crippen LogP contribution in [0.1, 0.15) is 0 Å². The van der Waals surface area contributed by atoms with Gasteiger partial charge in [-0.2, -0.15) is 0 Å². The van der Waals surface area contributed by atoms with E-state index in [1.807, 2.05) is 48.7 Å². The van der Waals surface area contributed by atoms with Crippen LogP contribution in [-0.2, 0) is 0 Å². The molecule has 21 heavy (non-hydrogen) atoms. The zero-order valence-electron chi connectivity index (χ0n) is 12.0. The largest absolute Gasteiger partial charge is 0.497 e. The lowest BCUT2D eigenvalue weighted by molar-refractivity contribution is 0.415. The second-order valence-electron chi connectivity index (χ2n) is 4.59. The van der Waals surface area contributed by atoms with E-state index in [9.17, 15) is 0 Å². The SMILES string of the molecule is COc1ccc(Nc2ccc(OC)c3ccncc23)cc1. The third kappa shape index (κ3) is 2.60. The number of rotatable bonds is 4. The lowest BCUT2D eigenvalue weighted by Crippen LogP contribution is -1.94. The number of aromatic nitrogens is 1. The molecule has 0 radical (unpaired) electrons. The number of ether oxygens (including phenoxy) is 2. The summed E-state index contributed by atoms with van der Waals surface area (Å²) in [5.41, 5.74) is 1.98. The van der Waals surface area contributed by atoms with Gasteiger partial charge in [0.1, 0.15) is 11.5 Å². The van der Waals surface area contributed by atoms with Gasteiger partial charge in [-0.25, -0.2) is 0 Å². The van der Waals surface area contributed by atoms with Gasteiger partial charge in [0.2, 0.25) is 0 Å². The summed E-state index contributed by atoms with van der Waals surface area (Å²) < 4.78 is 10.6. The van der Waals surface area contributed by atoms with Crippen LogP contribution in [0, 0.1) is 0 Å². The Hall–Kier alpha value is -2.75. The molecule has 0 atom stereocenters. The molecule has 0 aliphatic carbocycles. The van der Waals surface area contributed by atoms with Crippen molar-refractivity contribution in [3.63, 3.8) is 0 Å². The van der Waals surface area contributed by atoms with Crippen molar-refractivity contribution in [2.24, 2.45) is 0 Å². The minimum atomic E-state index is 0.835. The number of fused-ring (bicyclic) bond motifs is 1. The maximum absolute atomic E-state index is 5.39. The highest BCUT2D eigenvalue weighted by molar-refractivity contribution is 5.98. The Morgan fingerprint density at radius 1 is 0.857 bits per heavy atom. The van der Waals surface area contributed by atoms with Crippen LogP contribution in [0.3, 0.4) is 0 Å². The molecule has 1 N–H and O–H groups in total. The van der Waals surface area contributed by atoms with Crippen molar-refractivity contribution in [3.8, 4) is 11.5 Å². The van der Waals surface area contributed by atoms with E-state index in [2.05, 4.69) is 10.3 Å². The highest BCUT2D eigenvalue weighted by atomic mass is 16.5. The first kappa shape index (κ1) is 13.2. The van der Waals surface area contributed by atoms with E-state index in [1.165, 1.54) is 0 Å². The van der Waals surface area contributed by atoms with Crippen molar-refractivity contribution in [2.75, 3.05) is 19.5 Å². The summed E-state index contributed by atoms with van der Waals surface area (Å²) in [6, 6.07) is 13.7. The monoisotopic (exact) mass is 280 g/mol. The lowest BCUT2D eigenvalue weighted by atomic mass is 10.1. The van der Waals surface area contributed by atoms with Crippen molar-refractivity contribution in [3.05, 3.63) is 54.9 Å². The van der Waals surface area contributed by atoms with Gasteiger partial charge in [0.15, 0.2) is 0 Å². The fourth-order valence-electron chi connectivity index (χ4n) is 2.28. The van der Waals surface area contributed by atoms with Crippen molar-refractivity contribution >= 4 is 22.1 Å². The summed E-state index contributed by atoms with van der Waals surface area (Å²) in [7, 11) is 3.33. The highest BCUT2D eigenvalue weighted by Crippen LogP contribution is 2.32. The van der Waals surface area contributed by atoms with Gasteiger partial charge in [-0.05, 0) is 42.5 Å². The molecule has 2 aromatic carbocycles. The van der Waals surface area contributed by atoms with E-state index in [-0.39, 0.29) is 0 Å². The minimum absolute atomic E-state index is 0.835. The number of hydrogen-bond donors (Lipinski definition) is 1. The molecular formula is C17H16N2O2. The molecule has 0 unspecified atom stereocenters. The lowest BCUT2D eigenvalue weighted by Gasteiger charge is -2.12. The van der Waals surface area contributed by atoms with Gasteiger partial charge in [-0.15, -0.1) is 0 Å². The fourth-order valence-corrected chi connectivity index (χ4v) is 2.28. The van der Waals surface area contributed by atoms with Gasteiger partial charge in [0.05, 0.1) is 14.2 Å². The molecule has 0 saturated carbocycles. The van der Waals surface area contributed by atoms with Gasteiger partial charge in [-0.1, -0.05) is 0 Å². The van der Waals surface area contributed by atoms with Gasteiger partial charge >= 0.3 is 0 Å². The molecule has 106 valence electrons. The maximum atomic E-state index is 5.39. The maximum Gasteiger partial charge on any atom is 0.126 e. The van der Waals surface area contributed by atoms with Crippen molar-refractivity contribution < 1.29 is 9.47 Å². The van der Waals surface area contributed by atoms with E-state index in [1.54, 1.807) is 20.4 Å². The smallest absolute Gasteiger partial charge is 0.126 e. The molecule has 0 saturated heterocycles. The zero-order chi connectivity index (χ0) is 14.7. The average molecular weight is 280 g/mol. The molecule has 3 aromatic rings. The van der Waals surface area contributed by atoms with E-state index in [0.29, 0.717) is 0 Å². The number of pyridine rings is 1. The van der Waals surface area contributed by atoms with Crippen LogP contribution >= 0.6 is 0 Å². The first-order valence-corrected chi connectivity index (χ1v) is 6.63. The molecule has 0 amide bonds. The summed E-state index contributed by atoms with van der Waals surface area (Å²) >= 11 is 0. The second-order valence-corrected chi connectivity index (χ2v) is 4.59. The van der Waals surface area contributed by atoms with Crippen LogP contribution in [0.5, 0.6) is 11.5 Å². The number of methoxy groups -OCH3 is 2. The van der Waals surface area contributed by atoms with Gasteiger partial charge in [0.25, 0.3) is 0 Å². The normalized spacial score (nSPS) is 10.4. The molecule has 1 heterocycles. The quantitative estimate of drug-likeness (QED) is 0.784. The Morgan fingerprint density at radius 3 is 2.38 bits per heavy atom. The summed E-state index contributed by atoms with van der Waals surface area (Å²) in [4.78, 5) is 4.20. The Labute approximate surface area is 123 Å². The molecule has 1 aromatic heterocycles. The molecule has 0 aliphatic heterocycles. The number of anilines is 2. The van der Waals surface area contributed by atoms with E-state index >= 15 is 0 Å². The van der Waals surface area contributed by atoms with Crippen LogP contribution < -0.4 is 14.8 Å². The van der Waals surface area contributed by atoms with E-state index in [0.717, 1.165) is 33.6 Å². The molecule has 4 heteroatoms. The first-order valence-electron chi connectivity index (χ1n) is 6.63. The summed E-state index contributed by atoms with van der Waals surface area (Å²) in [5.74, 6) is 1.68. The number of benzene rings is 2. The standard InChI is InChI=1S/C17H16N2O2/c1-20-13-5-3-12(4-6-13)19-16-7-8-17(21-2)14-9-10-18-11-15(14)16/h3-11,19H,1-2H3. The Bertz CT molecular complexity index is 754. The van der Waals surface area contributed by atoms with Crippen LogP contribution in [0.25, 0.3) is 10.8 Å². The predicted octanol–water partition coefficient (Wildman–Crippen LogP) is 4.00. The number of nitrogens with zero attached hydrogens (tertiary/aromatic N) is 1. The van der Waals surface area contributed by atoms with Gasteiger partial charge in [0, 0.05) is 34.5 Å². The van der Waals surface area contributed by atoms with Crippen LogP contribution in [0.4, 0.5) is 11.4 Å². The summed E-state index contributed by atoms with van der Waals surface area (Å²) in [6.45, 7) is 0. The van der Waals surface area contributed by atoms with Crippen LogP contribution in [0.15, 0.2) is 54.9 Å². The first-order chi connectivity index (χ1) is 10.3. The number of hydrogen-bond acceptors (Lipinski definition) is 4. The topological polar surface area (TPSA) is 43.4 Å². The van der Waals surface area contributed by atoms with Crippen LogP contribution in [-0.4, -0.2) is 19.2 Å².